The number of anilines is 1. The lowest BCUT2D eigenvalue weighted by molar-refractivity contribution is -0.120. The minimum absolute atomic E-state index is 0.147. The van der Waals surface area contributed by atoms with Gasteiger partial charge in [-0.05, 0) is 83.0 Å². The van der Waals surface area contributed by atoms with Crippen LogP contribution in [0.2, 0.25) is 0 Å². The Balaban J connectivity index is 1.68. The van der Waals surface area contributed by atoms with E-state index in [1.807, 2.05) is 65.8 Å². The lowest BCUT2D eigenvalue weighted by atomic mass is 9.89. The van der Waals surface area contributed by atoms with Gasteiger partial charge in [0.15, 0.2) is 0 Å². The van der Waals surface area contributed by atoms with Crippen molar-refractivity contribution >= 4 is 21.6 Å². The third-order valence-corrected chi connectivity index (χ3v) is 8.14. The van der Waals surface area contributed by atoms with Crippen molar-refractivity contribution in [2.24, 2.45) is 0 Å². The normalized spacial score (nSPS) is 16.6. The molecule has 36 heavy (non-hydrogen) atoms. The van der Waals surface area contributed by atoms with Crippen LogP contribution in [0.15, 0.2) is 65.6 Å². The van der Waals surface area contributed by atoms with Crippen molar-refractivity contribution < 1.29 is 17.9 Å². The third-order valence-electron chi connectivity index (χ3n) is 6.35. The molecule has 1 amide bonds. The summed E-state index contributed by atoms with van der Waals surface area (Å²) in [5.74, 6) is 0.362. The number of sulfonamides is 1. The Labute approximate surface area is 214 Å². The molecule has 1 aliphatic rings. The van der Waals surface area contributed by atoms with Crippen LogP contribution in [0, 0.1) is 27.7 Å². The van der Waals surface area contributed by atoms with Gasteiger partial charge < -0.3 is 10.1 Å². The Kier molecular flexibility index (Phi) is 6.88. The molecular formula is C29H34N2O4S. The predicted molar refractivity (Wildman–Crippen MR) is 143 cm³/mol. The first-order valence-electron chi connectivity index (χ1n) is 12.1. The molecule has 0 saturated heterocycles. The number of nitrogens with zero attached hydrogens (tertiary/aromatic N) is 1. The van der Waals surface area contributed by atoms with E-state index >= 15 is 0 Å². The van der Waals surface area contributed by atoms with Crippen molar-refractivity contribution in [3.05, 3.63) is 88.5 Å². The number of hydrogen-bond donors (Lipinski definition) is 1. The van der Waals surface area contributed by atoms with Crippen LogP contribution in [0.25, 0.3) is 0 Å². The van der Waals surface area contributed by atoms with Crippen molar-refractivity contribution in [1.82, 2.24) is 5.32 Å². The van der Waals surface area contributed by atoms with E-state index < -0.39 is 15.6 Å². The molecule has 0 aliphatic carbocycles. The molecule has 6 nitrogen and oxygen atoms in total. The van der Waals surface area contributed by atoms with E-state index in [1.165, 1.54) is 4.31 Å². The van der Waals surface area contributed by atoms with Gasteiger partial charge in [0, 0.05) is 12.0 Å². The molecule has 1 atom stereocenters. The molecule has 0 bridgehead atoms. The zero-order valence-electron chi connectivity index (χ0n) is 21.8. The number of amides is 1. The highest BCUT2D eigenvalue weighted by molar-refractivity contribution is 7.92. The van der Waals surface area contributed by atoms with E-state index in [9.17, 15) is 13.2 Å². The van der Waals surface area contributed by atoms with Crippen molar-refractivity contribution in [2.45, 2.75) is 64.5 Å². The van der Waals surface area contributed by atoms with Gasteiger partial charge in [-0.2, -0.15) is 0 Å². The summed E-state index contributed by atoms with van der Waals surface area (Å²) in [6, 6.07) is 17.9. The van der Waals surface area contributed by atoms with Gasteiger partial charge in [-0.15, -0.1) is 0 Å². The number of rotatable bonds is 6. The minimum Gasteiger partial charge on any atom is -0.487 e. The highest BCUT2D eigenvalue weighted by atomic mass is 32.2. The Morgan fingerprint density at radius 1 is 0.917 bits per heavy atom. The first-order chi connectivity index (χ1) is 16.8. The van der Waals surface area contributed by atoms with Crippen molar-refractivity contribution in [1.29, 1.82) is 0 Å². The van der Waals surface area contributed by atoms with Crippen LogP contribution in [0.1, 0.15) is 54.1 Å². The van der Waals surface area contributed by atoms with Crippen LogP contribution in [0.4, 0.5) is 5.69 Å². The number of carbonyl (C=O) groups excluding carboxylic acids is 1. The summed E-state index contributed by atoms with van der Waals surface area (Å²) < 4.78 is 34.9. The average Bonchev–Trinajstić information content (AvgIpc) is 2.77. The first kappa shape index (κ1) is 25.8. The van der Waals surface area contributed by atoms with Crippen LogP contribution in [0.5, 0.6) is 5.75 Å². The molecule has 0 saturated carbocycles. The number of benzene rings is 3. The highest BCUT2D eigenvalue weighted by Crippen LogP contribution is 2.40. The first-order valence-corrected chi connectivity index (χ1v) is 13.5. The van der Waals surface area contributed by atoms with Gasteiger partial charge in [-0.3, -0.25) is 9.10 Å². The molecule has 1 N–H and O–H groups in total. The number of nitrogens with one attached hydrogen (secondary N) is 1. The Bertz CT molecular complexity index is 1380. The fourth-order valence-electron chi connectivity index (χ4n) is 4.72. The quantitative estimate of drug-likeness (QED) is 0.477. The monoisotopic (exact) mass is 506 g/mol. The van der Waals surface area contributed by atoms with E-state index in [1.54, 1.807) is 36.4 Å². The molecule has 0 radical (unpaired) electrons. The fourth-order valence-corrected chi connectivity index (χ4v) is 6.13. The summed E-state index contributed by atoms with van der Waals surface area (Å²) in [4.78, 5) is 13.6. The van der Waals surface area contributed by atoms with Gasteiger partial charge in [0.25, 0.3) is 10.0 Å². The molecule has 1 unspecified atom stereocenters. The maximum absolute atomic E-state index is 13.8. The maximum Gasteiger partial charge on any atom is 0.264 e. The smallest absolute Gasteiger partial charge is 0.264 e. The Morgan fingerprint density at radius 2 is 1.53 bits per heavy atom. The molecule has 0 spiro atoms. The molecule has 3 aromatic rings. The lowest BCUT2D eigenvalue weighted by Crippen LogP contribution is -2.45. The van der Waals surface area contributed by atoms with Crippen molar-refractivity contribution in [3.63, 3.8) is 0 Å². The molecule has 7 heteroatoms. The second-order valence-corrected chi connectivity index (χ2v) is 12.3. The SMILES string of the molecule is Cc1ccc(S(=O)(=O)N(CC(=O)NC2CC(C)(C)Oc3ccc(C)cc32)c2cc(C)cc(C)c2)cc1. The van der Waals surface area contributed by atoms with Gasteiger partial charge in [-0.1, -0.05) is 41.5 Å². The van der Waals surface area contributed by atoms with Gasteiger partial charge in [0.05, 0.1) is 16.6 Å². The third kappa shape index (κ3) is 5.57. The molecule has 1 heterocycles. The summed E-state index contributed by atoms with van der Waals surface area (Å²) in [7, 11) is -3.98. The van der Waals surface area contributed by atoms with E-state index in [4.69, 9.17) is 4.74 Å². The molecule has 4 rings (SSSR count). The second-order valence-electron chi connectivity index (χ2n) is 10.4. The number of aryl methyl sites for hydroxylation is 4. The van der Waals surface area contributed by atoms with E-state index in [2.05, 4.69) is 5.32 Å². The number of carbonyl (C=O) groups is 1. The molecular weight excluding hydrogens is 472 g/mol. The van der Waals surface area contributed by atoms with E-state index in [-0.39, 0.29) is 23.4 Å². The summed E-state index contributed by atoms with van der Waals surface area (Å²) in [6.45, 7) is 11.4. The van der Waals surface area contributed by atoms with Crippen LogP contribution in [-0.2, 0) is 14.8 Å². The lowest BCUT2D eigenvalue weighted by Gasteiger charge is -2.38. The van der Waals surface area contributed by atoms with Crippen LogP contribution in [-0.4, -0.2) is 26.5 Å². The second kappa shape index (κ2) is 9.62. The summed E-state index contributed by atoms with van der Waals surface area (Å²) in [6.07, 6.45) is 0.573. The molecule has 0 aromatic heterocycles. The zero-order valence-corrected chi connectivity index (χ0v) is 22.6. The van der Waals surface area contributed by atoms with Gasteiger partial charge in [0.2, 0.25) is 5.91 Å². The predicted octanol–water partition coefficient (Wildman–Crippen LogP) is 5.53. The van der Waals surface area contributed by atoms with Gasteiger partial charge in [0.1, 0.15) is 17.9 Å². The molecule has 0 fully saturated rings. The topological polar surface area (TPSA) is 75.7 Å². The standard InChI is InChI=1S/C29H34N2O4S/c1-19-7-10-24(11-8-19)36(33,34)31(23-14-21(3)13-22(4)15-23)18-28(32)30-26-17-29(5,6)35-27-12-9-20(2)16-25(26)27/h7-16,26H,17-18H2,1-6H3,(H,30,32). The van der Waals surface area contributed by atoms with Crippen molar-refractivity contribution in [2.75, 3.05) is 10.8 Å². The molecule has 190 valence electrons. The van der Waals surface area contributed by atoms with Crippen LogP contribution in [0.3, 0.4) is 0 Å². The molecule has 1 aliphatic heterocycles. The fraction of sp³-hybridized carbons (Fsp3) is 0.345. The summed E-state index contributed by atoms with van der Waals surface area (Å²) in [5, 5.41) is 3.09. The minimum atomic E-state index is -3.98. The Morgan fingerprint density at radius 3 is 2.17 bits per heavy atom. The number of ether oxygens (including phenoxy) is 1. The zero-order chi connectivity index (χ0) is 26.3. The highest BCUT2D eigenvalue weighted by Gasteiger charge is 2.35. The number of fused-ring (bicyclic) bond motifs is 1. The number of hydrogen-bond acceptors (Lipinski definition) is 4. The van der Waals surface area contributed by atoms with E-state index in [0.717, 1.165) is 33.6 Å². The summed E-state index contributed by atoms with van der Waals surface area (Å²) >= 11 is 0. The van der Waals surface area contributed by atoms with Gasteiger partial charge >= 0.3 is 0 Å². The van der Waals surface area contributed by atoms with Crippen LogP contribution >= 0.6 is 0 Å². The van der Waals surface area contributed by atoms with E-state index in [0.29, 0.717) is 12.1 Å². The maximum atomic E-state index is 13.8. The molecule has 3 aromatic carbocycles. The van der Waals surface area contributed by atoms with Gasteiger partial charge in [-0.25, -0.2) is 8.42 Å². The largest absolute Gasteiger partial charge is 0.487 e. The van der Waals surface area contributed by atoms with Crippen LogP contribution < -0.4 is 14.4 Å². The Hall–Kier alpha value is -3.32. The summed E-state index contributed by atoms with van der Waals surface area (Å²) in [5.41, 5.74) is 4.77. The van der Waals surface area contributed by atoms with Crippen molar-refractivity contribution in [3.8, 4) is 5.75 Å². The average molecular weight is 507 g/mol.